The third kappa shape index (κ3) is 4.99. The Bertz CT molecular complexity index is 1080. The lowest BCUT2D eigenvalue weighted by atomic mass is 9.99. The van der Waals surface area contributed by atoms with Crippen molar-refractivity contribution in [3.63, 3.8) is 0 Å². The molecule has 2 amide bonds. The highest BCUT2D eigenvalue weighted by molar-refractivity contribution is 6.31. The summed E-state index contributed by atoms with van der Waals surface area (Å²) < 4.78 is 5.33. The second-order valence-electron chi connectivity index (χ2n) is 7.54. The van der Waals surface area contributed by atoms with E-state index in [2.05, 4.69) is 10.3 Å². The van der Waals surface area contributed by atoms with Gasteiger partial charge in [0.25, 0.3) is 5.91 Å². The summed E-state index contributed by atoms with van der Waals surface area (Å²) in [5.74, 6) is -0.341. The van der Waals surface area contributed by atoms with Crippen molar-refractivity contribution in [2.75, 3.05) is 13.1 Å². The first-order valence-corrected chi connectivity index (χ1v) is 10.2. The first-order valence-electron chi connectivity index (χ1n) is 9.84. The summed E-state index contributed by atoms with van der Waals surface area (Å²) in [7, 11) is 0. The van der Waals surface area contributed by atoms with Gasteiger partial charge >= 0.3 is 6.09 Å². The molecule has 162 valence electrons. The minimum Gasteiger partial charge on any atom is -0.393 e. The third-order valence-corrected chi connectivity index (χ3v) is 5.41. The number of benzene rings is 2. The summed E-state index contributed by atoms with van der Waals surface area (Å²) >= 11 is 5.98. The van der Waals surface area contributed by atoms with E-state index in [1.54, 1.807) is 24.3 Å². The molecule has 0 radical (unpaired) electrons. The van der Waals surface area contributed by atoms with E-state index in [0.29, 0.717) is 5.02 Å². The fraction of sp³-hybridized carbons (Fsp3) is 0.273. The van der Waals surface area contributed by atoms with Crippen molar-refractivity contribution in [3.8, 4) is 5.88 Å². The Morgan fingerprint density at radius 3 is 2.65 bits per heavy atom. The van der Waals surface area contributed by atoms with Gasteiger partial charge in [-0.1, -0.05) is 41.9 Å². The number of aromatic nitrogens is 1. The Labute approximate surface area is 183 Å². The van der Waals surface area contributed by atoms with Gasteiger partial charge < -0.3 is 30.2 Å². The van der Waals surface area contributed by atoms with Crippen molar-refractivity contribution in [1.82, 2.24) is 15.2 Å². The number of carbonyl (C=O) groups is 2. The number of rotatable bonds is 6. The van der Waals surface area contributed by atoms with Crippen LogP contribution >= 0.6 is 11.6 Å². The molecule has 0 bridgehead atoms. The van der Waals surface area contributed by atoms with Gasteiger partial charge in [-0.3, -0.25) is 4.79 Å². The first-order chi connectivity index (χ1) is 14.9. The number of β-amino-alcohol motifs (C(OH)–C–C–N with tert-alkyl or cyclic N) is 1. The Morgan fingerprint density at radius 2 is 1.94 bits per heavy atom. The molecule has 2 atom stereocenters. The molecule has 2 aromatic carbocycles. The molecule has 0 saturated carbocycles. The highest BCUT2D eigenvalue weighted by atomic mass is 35.5. The highest BCUT2D eigenvalue weighted by Crippen LogP contribution is 2.24. The van der Waals surface area contributed by atoms with Crippen LogP contribution in [0.1, 0.15) is 5.56 Å². The summed E-state index contributed by atoms with van der Waals surface area (Å²) in [5, 5.41) is 24.0. The van der Waals surface area contributed by atoms with Gasteiger partial charge in [0.2, 0.25) is 5.88 Å². The molecule has 4 N–H and O–H groups in total. The number of carbonyl (C=O) groups excluding carboxylic acids is 2. The van der Waals surface area contributed by atoms with E-state index < -0.39 is 30.3 Å². The van der Waals surface area contributed by atoms with Gasteiger partial charge in [-0.15, -0.1) is 0 Å². The standard InChI is InChI=1S/C22H22ClN3O5/c23-15-6-7-17-14(9-15)10-19(24-17)31-22(30)25-18(8-13-4-2-1-3-5-13)20(28)21(29)26-11-16(27)12-26/h1-7,9-10,16,18,20,24,27-28H,8,11-12H2,(H,25,30)/t18-,20+/m0/s1. The van der Waals surface area contributed by atoms with Crippen LogP contribution in [-0.2, 0) is 11.2 Å². The van der Waals surface area contributed by atoms with Crippen molar-refractivity contribution < 1.29 is 24.5 Å². The maximum Gasteiger partial charge on any atom is 0.414 e. The average molecular weight is 444 g/mol. The number of aliphatic hydroxyl groups excluding tert-OH is 2. The van der Waals surface area contributed by atoms with Gasteiger partial charge in [0.1, 0.15) is 0 Å². The van der Waals surface area contributed by atoms with Gasteiger partial charge in [0.05, 0.1) is 12.1 Å². The molecule has 4 rings (SSSR count). The summed E-state index contributed by atoms with van der Waals surface area (Å²) in [6.07, 6.45) is -2.66. The monoisotopic (exact) mass is 443 g/mol. The quantitative estimate of drug-likeness (QED) is 0.465. The third-order valence-electron chi connectivity index (χ3n) is 5.17. The van der Waals surface area contributed by atoms with Gasteiger partial charge in [0.15, 0.2) is 6.10 Å². The molecule has 1 aliphatic heterocycles. The van der Waals surface area contributed by atoms with Crippen LogP contribution in [-0.4, -0.2) is 63.4 Å². The first kappa shape index (κ1) is 21.2. The fourth-order valence-corrected chi connectivity index (χ4v) is 3.70. The molecule has 2 heterocycles. The predicted molar refractivity (Wildman–Crippen MR) is 115 cm³/mol. The number of likely N-dealkylation sites (tertiary alicyclic amines) is 1. The van der Waals surface area contributed by atoms with E-state index in [4.69, 9.17) is 16.3 Å². The molecular formula is C22H22ClN3O5. The topological polar surface area (TPSA) is 115 Å². The van der Waals surface area contributed by atoms with Crippen LogP contribution in [0.25, 0.3) is 10.9 Å². The molecule has 1 aromatic heterocycles. The van der Waals surface area contributed by atoms with Crippen LogP contribution in [0.15, 0.2) is 54.6 Å². The molecule has 9 heteroatoms. The van der Waals surface area contributed by atoms with Crippen LogP contribution in [0.3, 0.4) is 0 Å². The van der Waals surface area contributed by atoms with E-state index in [0.717, 1.165) is 16.5 Å². The number of fused-ring (bicyclic) bond motifs is 1. The molecule has 0 unspecified atom stereocenters. The second kappa shape index (κ2) is 8.97. The number of hydrogen-bond acceptors (Lipinski definition) is 5. The Hall–Kier alpha value is -3.07. The molecule has 1 saturated heterocycles. The van der Waals surface area contributed by atoms with Gasteiger partial charge in [0, 0.05) is 35.1 Å². The number of aromatic amines is 1. The van der Waals surface area contributed by atoms with E-state index in [9.17, 15) is 19.8 Å². The number of ether oxygens (including phenoxy) is 1. The normalized spacial score (nSPS) is 15.9. The van der Waals surface area contributed by atoms with E-state index in [-0.39, 0.29) is 25.4 Å². The van der Waals surface area contributed by atoms with Crippen LogP contribution in [0.4, 0.5) is 4.79 Å². The number of amides is 2. The van der Waals surface area contributed by atoms with E-state index in [1.807, 2.05) is 30.3 Å². The lowest BCUT2D eigenvalue weighted by Gasteiger charge is -2.38. The number of H-pyrrole nitrogens is 1. The number of halogens is 1. The van der Waals surface area contributed by atoms with E-state index >= 15 is 0 Å². The van der Waals surface area contributed by atoms with Gasteiger partial charge in [-0.25, -0.2) is 4.79 Å². The minimum absolute atomic E-state index is 0.163. The Morgan fingerprint density at radius 1 is 1.19 bits per heavy atom. The molecule has 8 nitrogen and oxygen atoms in total. The van der Waals surface area contributed by atoms with E-state index in [1.165, 1.54) is 4.90 Å². The zero-order valence-electron chi connectivity index (χ0n) is 16.5. The van der Waals surface area contributed by atoms with Crippen molar-refractivity contribution in [3.05, 3.63) is 65.2 Å². The number of nitrogens with zero attached hydrogens (tertiary/aromatic N) is 1. The molecule has 1 aliphatic rings. The smallest absolute Gasteiger partial charge is 0.393 e. The van der Waals surface area contributed by atoms with Crippen LogP contribution in [0.5, 0.6) is 5.88 Å². The minimum atomic E-state index is -1.48. The largest absolute Gasteiger partial charge is 0.414 e. The number of hydrogen-bond donors (Lipinski definition) is 4. The van der Waals surface area contributed by atoms with Crippen LogP contribution < -0.4 is 10.1 Å². The van der Waals surface area contributed by atoms with Crippen LogP contribution in [0, 0.1) is 0 Å². The fourth-order valence-electron chi connectivity index (χ4n) is 3.52. The zero-order chi connectivity index (χ0) is 22.0. The number of nitrogens with one attached hydrogen (secondary N) is 2. The van der Waals surface area contributed by atoms with Gasteiger partial charge in [-0.2, -0.15) is 0 Å². The SMILES string of the molecule is O=C(N[C@@H](Cc1ccccc1)[C@@H](O)C(=O)N1CC(O)C1)Oc1cc2cc(Cl)ccc2[nH]1. The number of aliphatic hydroxyl groups is 2. The summed E-state index contributed by atoms with van der Waals surface area (Å²) in [6.45, 7) is 0.325. The molecular weight excluding hydrogens is 422 g/mol. The van der Waals surface area contributed by atoms with Crippen molar-refractivity contribution in [2.45, 2.75) is 24.7 Å². The highest BCUT2D eigenvalue weighted by Gasteiger charge is 2.37. The molecule has 0 aliphatic carbocycles. The molecule has 0 spiro atoms. The predicted octanol–water partition coefficient (Wildman–Crippen LogP) is 2.08. The summed E-state index contributed by atoms with van der Waals surface area (Å²) in [5.41, 5.74) is 1.59. The molecule has 1 fully saturated rings. The Kier molecular flexibility index (Phi) is 6.13. The van der Waals surface area contributed by atoms with Crippen LogP contribution in [0.2, 0.25) is 5.02 Å². The average Bonchev–Trinajstić information content (AvgIpc) is 3.11. The molecule has 31 heavy (non-hydrogen) atoms. The lowest BCUT2D eigenvalue weighted by molar-refractivity contribution is -0.151. The maximum atomic E-state index is 12.5. The van der Waals surface area contributed by atoms with Gasteiger partial charge in [-0.05, 0) is 30.2 Å². The van der Waals surface area contributed by atoms with Crippen molar-refractivity contribution >= 4 is 34.5 Å². The zero-order valence-corrected chi connectivity index (χ0v) is 17.2. The summed E-state index contributed by atoms with van der Waals surface area (Å²) in [6, 6.07) is 15.1. The summed E-state index contributed by atoms with van der Waals surface area (Å²) in [4.78, 5) is 29.4. The maximum absolute atomic E-state index is 12.5. The molecule has 3 aromatic rings. The lowest BCUT2D eigenvalue weighted by Crippen LogP contribution is -2.60. The van der Waals surface area contributed by atoms with Crippen molar-refractivity contribution in [1.29, 1.82) is 0 Å². The Balaban J connectivity index is 1.47. The second-order valence-corrected chi connectivity index (χ2v) is 7.97. The van der Waals surface area contributed by atoms with Crippen molar-refractivity contribution in [2.24, 2.45) is 0 Å².